The zero-order valence-electron chi connectivity index (χ0n) is 12.7. The third-order valence-electron chi connectivity index (χ3n) is 4.65. The summed E-state index contributed by atoms with van der Waals surface area (Å²) in [5.41, 5.74) is -0.0495. The maximum atomic E-state index is 12.9. The van der Waals surface area contributed by atoms with Crippen molar-refractivity contribution in [1.82, 2.24) is 4.90 Å². The lowest BCUT2D eigenvalue weighted by molar-refractivity contribution is -0.157. The van der Waals surface area contributed by atoms with Crippen LogP contribution in [-0.4, -0.2) is 34.0 Å². The van der Waals surface area contributed by atoms with Crippen LogP contribution in [0, 0.1) is 0 Å². The average Bonchev–Trinajstić information content (AvgIpc) is 2.94. The van der Waals surface area contributed by atoms with Crippen LogP contribution in [0.3, 0.4) is 0 Å². The highest BCUT2D eigenvalue weighted by atomic mass is 16.4. The Labute approximate surface area is 125 Å². The number of carboxylic acids is 1. The molecule has 1 N–H and O–H groups in total. The van der Waals surface area contributed by atoms with Crippen LogP contribution in [0.4, 0.5) is 0 Å². The molecule has 0 aromatic heterocycles. The predicted octanol–water partition coefficient (Wildman–Crippen LogP) is 3.04. The first-order chi connectivity index (χ1) is 10.1. The fourth-order valence-corrected chi connectivity index (χ4v) is 3.37. The number of carboxylic acid groups (broad SMARTS) is 1. The van der Waals surface area contributed by atoms with Gasteiger partial charge in [-0.15, -0.1) is 0 Å². The maximum Gasteiger partial charge on any atom is 0.329 e. The molecule has 4 heteroatoms. The molecule has 4 nitrogen and oxygen atoms in total. The molecule has 1 heterocycles. The molecule has 2 atom stereocenters. The van der Waals surface area contributed by atoms with Gasteiger partial charge in [0.05, 0.1) is 5.92 Å². The van der Waals surface area contributed by atoms with Gasteiger partial charge >= 0.3 is 5.97 Å². The lowest BCUT2D eigenvalue weighted by Gasteiger charge is -2.36. The summed E-state index contributed by atoms with van der Waals surface area (Å²) in [7, 11) is 0. The molecule has 1 aliphatic heterocycles. The normalized spacial score (nSPS) is 23.0. The Kier molecular flexibility index (Phi) is 4.66. The summed E-state index contributed by atoms with van der Waals surface area (Å²) in [5, 5.41) is 9.61. The van der Waals surface area contributed by atoms with Crippen molar-refractivity contribution in [3.63, 3.8) is 0 Å². The molecule has 0 spiro atoms. The first-order valence-electron chi connectivity index (χ1n) is 7.66. The zero-order valence-corrected chi connectivity index (χ0v) is 12.7. The number of hydrogen-bond donors (Lipinski definition) is 1. The zero-order chi connectivity index (χ0) is 15.5. The van der Waals surface area contributed by atoms with Gasteiger partial charge in [0, 0.05) is 6.54 Å². The molecule has 2 unspecified atom stereocenters. The van der Waals surface area contributed by atoms with Gasteiger partial charge in [-0.05, 0) is 31.2 Å². The lowest BCUT2D eigenvalue weighted by Crippen LogP contribution is -2.53. The second-order valence-corrected chi connectivity index (χ2v) is 5.66. The van der Waals surface area contributed by atoms with Crippen molar-refractivity contribution in [2.75, 3.05) is 6.54 Å². The summed E-state index contributed by atoms with van der Waals surface area (Å²) in [6.07, 6.45) is 2.45. The van der Waals surface area contributed by atoms with E-state index in [4.69, 9.17) is 0 Å². The molecule has 1 amide bonds. The predicted molar refractivity (Wildman–Crippen MR) is 81.1 cm³/mol. The Morgan fingerprint density at radius 2 is 1.95 bits per heavy atom. The number of likely N-dealkylation sites (tertiary alicyclic amines) is 1. The summed E-state index contributed by atoms with van der Waals surface area (Å²) < 4.78 is 0. The fourth-order valence-electron chi connectivity index (χ4n) is 3.37. The maximum absolute atomic E-state index is 12.9. The van der Waals surface area contributed by atoms with Gasteiger partial charge in [0.25, 0.3) is 0 Å². The lowest BCUT2D eigenvalue weighted by atomic mass is 9.89. The quantitative estimate of drug-likeness (QED) is 0.906. The van der Waals surface area contributed by atoms with Crippen LogP contribution >= 0.6 is 0 Å². The van der Waals surface area contributed by atoms with Crippen LogP contribution in [0.1, 0.15) is 51.0 Å². The molecule has 2 rings (SSSR count). The number of amides is 1. The largest absolute Gasteiger partial charge is 0.479 e. The van der Waals surface area contributed by atoms with Crippen molar-refractivity contribution in [3.05, 3.63) is 35.9 Å². The van der Waals surface area contributed by atoms with Crippen LogP contribution in [0.15, 0.2) is 30.3 Å². The summed E-state index contributed by atoms with van der Waals surface area (Å²) in [4.78, 5) is 26.2. The number of hydrogen-bond acceptors (Lipinski definition) is 2. The van der Waals surface area contributed by atoms with Gasteiger partial charge in [0.1, 0.15) is 5.54 Å². The molecule has 1 aromatic rings. The SMILES string of the molecule is CCC(C(=O)N1CCCC1(CC)C(=O)O)c1ccccc1. The van der Waals surface area contributed by atoms with Crippen molar-refractivity contribution in [2.45, 2.75) is 51.0 Å². The Bertz CT molecular complexity index is 514. The molecule has 0 saturated carbocycles. The summed E-state index contributed by atoms with van der Waals surface area (Å²) in [5.74, 6) is -1.18. The first kappa shape index (κ1) is 15.5. The van der Waals surface area contributed by atoms with Crippen molar-refractivity contribution >= 4 is 11.9 Å². The average molecular weight is 289 g/mol. The van der Waals surface area contributed by atoms with Crippen molar-refractivity contribution in [3.8, 4) is 0 Å². The van der Waals surface area contributed by atoms with Gasteiger partial charge in [-0.3, -0.25) is 4.79 Å². The highest BCUT2D eigenvalue weighted by Gasteiger charge is 2.49. The number of carbonyl (C=O) groups excluding carboxylic acids is 1. The summed E-state index contributed by atoms with van der Waals surface area (Å²) in [6, 6.07) is 9.64. The molecule has 0 radical (unpaired) electrons. The summed E-state index contributed by atoms with van der Waals surface area (Å²) >= 11 is 0. The Morgan fingerprint density at radius 3 is 2.48 bits per heavy atom. The van der Waals surface area contributed by atoms with Crippen LogP contribution in [0.5, 0.6) is 0 Å². The van der Waals surface area contributed by atoms with Gasteiger partial charge in [0.15, 0.2) is 0 Å². The molecule has 0 aliphatic carbocycles. The van der Waals surface area contributed by atoms with E-state index < -0.39 is 11.5 Å². The van der Waals surface area contributed by atoms with Gasteiger partial charge in [-0.25, -0.2) is 4.79 Å². The number of carbonyl (C=O) groups is 2. The molecule has 1 aliphatic rings. The Hall–Kier alpha value is -1.84. The van der Waals surface area contributed by atoms with E-state index in [9.17, 15) is 14.7 Å². The third-order valence-corrected chi connectivity index (χ3v) is 4.65. The number of aliphatic carboxylic acids is 1. The fraction of sp³-hybridized carbons (Fsp3) is 0.529. The molecule has 114 valence electrons. The number of benzene rings is 1. The Morgan fingerprint density at radius 1 is 1.29 bits per heavy atom. The second-order valence-electron chi connectivity index (χ2n) is 5.66. The van der Waals surface area contributed by atoms with E-state index in [-0.39, 0.29) is 11.8 Å². The minimum Gasteiger partial charge on any atom is -0.479 e. The topological polar surface area (TPSA) is 57.6 Å². The second kappa shape index (κ2) is 6.29. The molecular formula is C17H23NO3. The van der Waals surface area contributed by atoms with Gasteiger partial charge in [-0.2, -0.15) is 0 Å². The number of nitrogens with zero attached hydrogens (tertiary/aromatic N) is 1. The van der Waals surface area contributed by atoms with Crippen LogP contribution in [-0.2, 0) is 9.59 Å². The summed E-state index contributed by atoms with van der Waals surface area (Å²) in [6.45, 7) is 4.37. The van der Waals surface area contributed by atoms with E-state index in [1.165, 1.54) is 0 Å². The monoisotopic (exact) mass is 289 g/mol. The van der Waals surface area contributed by atoms with Gasteiger partial charge < -0.3 is 10.0 Å². The molecule has 21 heavy (non-hydrogen) atoms. The van der Waals surface area contributed by atoms with Crippen LogP contribution in [0.2, 0.25) is 0 Å². The highest BCUT2D eigenvalue weighted by molar-refractivity contribution is 5.91. The first-order valence-corrected chi connectivity index (χ1v) is 7.66. The van der Waals surface area contributed by atoms with Crippen LogP contribution in [0.25, 0.3) is 0 Å². The van der Waals surface area contributed by atoms with E-state index in [1.807, 2.05) is 44.2 Å². The van der Waals surface area contributed by atoms with Crippen molar-refractivity contribution in [2.24, 2.45) is 0 Å². The van der Waals surface area contributed by atoms with E-state index in [0.717, 1.165) is 12.0 Å². The third kappa shape index (κ3) is 2.67. The van der Waals surface area contributed by atoms with E-state index in [2.05, 4.69) is 0 Å². The number of rotatable bonds is 5. The van der Waals surface area contributed by atoms with Gasteiger partial charge in [0.2, 0.25) is 5.91 Å². The minimum absolute atomic E-state index is 0.0505. The van der Waals surface area contributed by atoms with E-state index in [1.54, 1.807) is 4.90 Å². The molecule has 1 aromatic carbocycles. The molecule has 1 fully saturated rings. The minimum atomic E-state index is -1.01. The molecule has 1 saturated heterocycles. The Balaban J connectivity index is 2.31. The molecule has 0 bridgehead atoms. The van der Waals surface area contributed by atoms with E-state index in [0.29, 0.717) is 25.8 Å². The van der Waals surface area contributed by atoms with Crippen molar-refractivity contribution < 1.29 is 14.7 Å². The highest BCUT2D eigenvalue weighted by Crippen LogP contribution is 2.36. The smallest absolute Gasteiger partial charge is 0.329 e. The van der Waals surface area contributed by atoms with Crippen LogP contribution < -0.4 is 0 Å². The van der Waals surface area contributed by atoms with E-state index >= 15 is 0 Å². The van der Waals surface area contributed by atoms with Gasteiger partial charge in [-0.1, -0.05) is 44.2 Å². The van der Waals surface area contributed by atoms with Crippen molar-refractivity contribution in [1.29, 1.82) is 0 Å². The standard InChI is InChI=1S/C17H23NO3/c1-3-14(13-9-6-5-7-10-13)15(19)18-12-8-11-17(18,4-2)16(20)21/h5-7,9-10,14H,3-4,8,11-12H2,1-2H3,(H,20,21). The molecular weight excluding hydrogens is 266 g/mol.